The Labute approximate surface area is 131 Å². The number of hydrogen-bond acceptors (Lipinski definition) is 5. The van der Waals surface area contributed by atoms with Crippen LogP contribution in [0.25, 0.3) is 10.9 Å². The van der Waals surface area contributed by atoms with E-state index >= 15 is 0 Å². The van der Waals surface area contributed by atoms with E-state index in [1.54, 1.807) is 37.4 Å². The Balaban J connectivity index is 1.93. The number of pyridine rings is 1. The lowest BCUT2D eigenvalue weighted by molar-refractivity contribution is -0.116. The SMILES string of the molecule is Cc1nc2ccc(O)cc2c(=O)n1CC(=O)Nc1ccccn1. The van der Waals surface area contributed by atoms with Crippen molar-refractivity contribution in [3.8, 4) is 5.75 Å². The number of nitrogens with zero attached hydrogens (tertiary/aromatic N) is 3. The molecular weight excluding hydrogens is 296 g/mol. The van der Waals surface area contributed by atoms with Crippen LogP contribution in [0.2, 0.25) is 0 Å². The van der Waals surface area contributed by atoms with Crippen molar-refractivity contribution in [3.05, 3.63) is 58.8 Å². The number of fused-ring (bicyclic) bond motifs is 1. The van der Waals surface area contributed by atoms with E-state index in [0.717, 1.165) is 0 Å². The first-order chi connectivity index (χ1) is 11.0. The molecule has 0 saturated carbocycles. The van der Waals surface area contributed by atoms with Gasteiger partial charge in [0.2, 0.25) is 5.91 Å². The monoisotopic (exact) mass is 310 g/mol. The Kier molecular flexibility index (Phi) is 3.76. The minimum atomic E-state index is -0.379. The fraction of sp³-hybridized carbons (Fsp3) is 0.125. The molecule has 0 saturated heterocycles. The summed E-state index contributed by atoms with van der Waals surface area (Å²) < 4.78 is 1.26. The van der Waals surface area contributed by atoms with E-state index in [2.05, 4.69) is 15.3 Å². The molecule has 1 amide bonds. The van der Waals surface area contributed by atoms with Crippen molar-refractivity contribution >= 4 is 22.6 Å². The lowest BCUT2D eigenvalue weighted by Crippen LogP contribution is -2.30. The number of benzene rings is 1. The van der Waals surface area contributed by atoms with Gasteiger partial charge in [0.15, 0.2) is 0 Å². The number of aryl methyl sites for hydroxylation is 1. The zero-order chi connectivity index (χ0) is 16.4. The topological polar surface area (TPSA) is 97.1 Å². The lowest BCUT2D eigenvalue weighted by atomic mass is 10.2. The van der Waals surface area contributed by atoms with Crippen LogP contribution in [0.15, 0.2) is 47.4 Å². The van der Waals surface area contributed by atoms with Gasteiger partial charge in [-0.3, -0.25) is 14.2 Å². The van der Waals surface area contributed by atoms with Crippen LogP contribution in [0, 0.1) is 6.92 Å². The highest BCUT2D eigenvalue weighted by Gasteiger charge is 2.12. The number of hydrogen-bond donors (Lipinski definition) is 2. The van der Waals surface area contributed by atoms with Gasteiger partial charge in [-0.1, -0.05) is 6.07 Å². The second kappa shape index (κ2) is 5.88. The average molecular weight is 310 g/mol. The molecule has 0 spiro atoms. The lowest BCUT2D eigenvalue weighted by Gasteiger charge is -2.11. The van der Waals surface area contributed by atoms with Gasteiger partial charge < -0.3 is 10.4 Å². The molecule has 116 valence electrons. The molecule has 0 bridgehead atoms. The predicted octanol–water partition coefficient (Wildman–Crippen LogP) is 1.44. The Morgan fingerprint density at radius 2 is 2.13 bits per heavy atom. The molecular formula is C16H14N4O3. The smallest absolute Gasteiger partial charge is 0.261 e. The minimum absolute atomic E-state index is 0.0234. The Morgan fingerprint density at radius 3 is 2.87 bits per heavy atom. The third-order valence-corrected chi connectivity index (χ3v) is 3.36. The molecule has 2 N–H and O–H groups in total. The first kappa shape index (κ1) is 14.7. The van der Waals surface area contributed by atoms with E-state index < -0.39 is 0 Å². The normalized spacial score (nSPS) is 10.7. The van der Waals surface area contributed by atoms with E-state index in [0.29, 0.717) is 17.2 Å². The second-order valence-corrected chi connectivity index (χ2v) is 5.01. The largest absolute Gasteiger partial charge is 0.508 e. The summed E-state index contributed by atoms with van der Waals surface area (Å²) in [4.78, 5) is 32.9. The summed E-state index contributed by atoms with van der Waals surface area (Å²) in [7, 11) is 0. The van der Waals surface area contributed by atoms with E-state index in [-0.39, 0.29) is 29.1 Å². The van der Waals surface area contributed by atoms with Crippen molar-refractivity contribution in [2.45, 2.75) is 13.5 Å². The average Bonchev–Trinajstić information content (AvgIpc) is 2.53. The predicted molar refractivity (Wildman–Crippen MR) is 85.3 cm³/mol. The summed E-state index contributed by atoms with van der Waals surface area (Å²) in [6, 6.07) is 9.52. The van der Waals surface area contributed by atoms with E-state index in [1.807, 2.05) is 0 Å². The summed E-state index contributed by atoms with van der Waals surface area (Å²) >= 11 is 0. The number of aromatic nitrogens is 3. The molecule has 3 aromatic rings. The van der Waals surface area contributed by atoms with Gasteiger partial charge in [0, 0.05) is 6.20 Å². The van der Waals surface area contributed by atoms with Crippen molar-refractivity contribution in [1.29, 1.82) is 0 Å². The zero-order valence-electron chi connectivity index (χ0n) is 12.4. The van der Waals surface area contributed by atoms with Crippen molar-refractivity contribution in [3.63, 3.8) is 0 Å². The van der Waals surface area contributed by atoms with Crippen LogP contribution < -0.4 is 10.9 Å². The number of nitrogens with one attached hydrogen (secondary N) is 1. The molecule has 2 aromatic heterocycles. The first-order valence-electron chi connectivity index (χ1n) is 6.95. The summed E-state index contributed by atoms with van der Waals surface area (Å²) in [5, 5.41) is 12.4. The summed E-state index contributed by atoms with van der Waals surface area (Å²) in [6.07, 6.45) is 1.56. The molecule has 0 aliphatic rings. The number of anilines is 1. The quantitative estimate of drug-likeness (QED) is 0.763. The molecule has 7 heteroatoms. The maximum absolute atomic E-state index is 12.5. The van der Waals surface area contributed by atoms with Gasteiger partial charge in [-0.25, -0.2) is 9.97 Å². The van der Waals surface area contributed by atoms with Crippen LogP contribution in [0.1, 0.15) is 5.82 Å². The standard InChI is InChI=1S/C16H14N4O3/c1-10-18-13-6-5-11(21)8-12(13)16(23)20(10)9-15(22)19-14-4-2-3-7-17-14/h2-8,21H,9H2,1H3,(H,17,19,22). The van der Waals surface area contributed by atoms with Crippen LogP contribution >= 0.6 is 0 Å². The summed E-state index contributed by atoms with van der Waals surface area (Å²) in [5.41, 5.74) is 0.103. The fourth-order valence-electron chi connectivity index (χ4n) is 2.27. The number of carbonyl (C=O) groups is 1. The molecule has 3 rings (SSSR count). The summed E-state index contributed by atoms with van der Waals surface area (Å²) in [6.45, 7) is 1.47. The van der Waals surface area contributed by atoms with Gasteiger partial charge in [-0.05, 0) is 37.3 Å². The van der Waals surface area contributed by atoms with Crippen LogP contribution in [-0.4, -0.2) is 25.5 Å². The molecule has 23 heavy (non-hydrogen) atoms. The van der Waals surface area contributed by atoms with Gasteiger partial charge in [0.1, 0.15) is 23.9 Å². The fourth-order valence-corrected chi connectivity index (χ4v) is 2.27. The molecule has 0 fully saturated rings. The van der Waals surface area contributed by atoms with Crippen LogP contribution in [0.5, 0.6) is 5.75 Å². The van der Waals surface area contributed by atoms with Gasteiger partial charge >= 0.3 is 0 Å². The third-order valence-electron chi connectivity index (χ3n) is 3.36. The summed E-state index contributed by atoms with van der Waals surface area (Å²) in [5.74, 6) is 0.430. The highest BCUT2D eigenvalue weighted by Crippen LogP contribution is 2.15. The molecule has 7 nitrogen and oxygen atoms in total. The van der Waals surface area contributed by atoms with Crippen LogP contribution in [-0.2, 0) is 11.3 Å². The maximum atomic E-state index is 12.5. The van der Waals surface area contributed by atoms with E-state index in [9.17, 15) is 14.7 Å². The number of carbonyl (C=O) groups excluding carboxylic acids is 1. The Bertz CT molecular complexity index is 935. The van der Waals surface area contributed by atoms with Crippen molar-refractivity contribution < 1.29 is 9.90 Å². The molecule has 0 radical (unpaired) electrons. The van der Waals surface area contributed by atoms with Gasteiger partial charge in [-0.15, -0.1) is 0 Å². The van der Waals surface area contributed by atoms with Crippen molar-refractivity contribution in [2.75, 3.05) is 5.32 Å². The first-order valence-corrected chi connectivity index (χ1v) is 6.95. The molecule has 0 aliphatic heterocycles. The number of phenols is 1. The Hall–Kier alpha value is -3.22. The zero-order valence-corrected chi connectivity index (χ0v) is 12.4. The van der Waals surface area contributed by atoms with E-state index in [1.165, 1.54) is 16.7 Å². The van der Waals surface area contributed by atoms with Gasteiger partial charge in [0.05, 0.1) is 10.9 Å². The second-order valence-electron chi connectivity index (χ2n) is 5.01. The van der Waals surface area contributed by atoms with E-state index in [4.69, 9.17) is 0 Å². The van der Waals surface area contributed by atoms with Crippen molar-refractivity contribution in [1.82, 2.24) is 14.5 Å². The molecule has 2 heterocycles. The number of phenolic OH excluding ortho intramolecular Hbond substituents is 1. The molecule has 0 unspecified atom stereocenters. The number of amides is 1. The number of aromatic hydroxyl groups is 1. The Morgan fingerprint density at radius 1 is 1.30 bits per heavy atom. The maximum Gasteiger partial charge on any atom is 0.261 e. The number of rotatable bonds is 3. The van der Waals surface area contributed by atoms with Gasteiger partial charge in [-0.2, -0.15) is 0 Å². The highest BCUT2D eigenvalue weighted by atomic mass is 16.3. The van der Waals surface area contributed by atoms with Crippen LogP contribution in [0.3, 0.4) is 0 Å². The third kappa shape index (κ3) is 3.03. The van der Waals surface area contributed by atoms with Gasteiger partial charge in [0.25, 0.3) is 5.56 Å². The molecule has 0 atom stereocenters. The van der Waals surface area contributed by atoms with Crippen LogP contribution in [0.4, 0.5) is 5.82 Å². The molecule has 0 aliphatic carbocycles. The minimum Gasteiger partial charge on any atom is -0.508 e. The van der Waals surface area contributed by atoms with Crippen molar-refractivity contribution in [2.24, 2.45) is 0 Å². The molecule has 1 aromatic carbocycles. The highest BCUT2D eigenvalue weighted by molar-refractivity contribution is 5.89.